The van der Waals surface area contributed by atoms with Crippen molar-refractivity contribution < 1.29 is 18.9 Å². The van der Waals surface area contributed by atoms with E-state index in [0.717, 1.165) is 0 Å². The molecule has 0 aromatic carbocycles. The van der Waals surface area contributed by atoms with Gasteiger partial charge in [-0.05, 0) is 0 Å². The van der Waals surface area contributed by atoms with Gasteiger partial charge in [0, 0.05) is 20.2 Å². The quantitative estimate of drug-likeness (QED) is 0.544. The SMILES string of the molecule is [B][C@@H]1O[C@@]2(COC)CO[C@H]1C2OC. The maximum absolute atomic E-state index is 5.72. The van der Waals surface area contributed by atoms with Crippen LogP contribution >= 0.6 is 0 Å². The van der Waals surface area contributed by atoms with Gasteiger partial charge in [-0.3, -0.25) is 0 Å². The van der Waals surface area contributed by atoms with Gasteiger partial charge in [-0.1, -0.05) is 0 Å². The minimum absolute atomic E-state index is 0.109. The Morgan fingerprint density at radius 1 is 1.54 bits per heavy atom. The highest BCUT2D eigenvalue weighted by Gasteiger charge is 2.60. The Hall–Kier alpha value is -0.0951. The van der Waals surface area contributed by atoms with E-state index >= 15 is 0 Å². The first-order valence-electron chi connectivity index (χ1n) is 4.30. The molecule has 0 spiro atoms. The van der Waals surface area contributed by atoms with E-state index < -0.39 is 11.6 Å². The van der Waals surface area contributed by atoms with Crippen LogP contribution in [0.1, 0.15) is 0 Å². The van der Waals surface area contributed by atoms with Crippen LogP contribution in [0.5, 0.6) is 0 Å². The van der Waals surface area contributed by atoms with Gasteiger partial charge in [0.05, 0.1) is 13.2 Å². The van der Waals surface area contributed by atoms with E-state index in [0.29, 0.717) is 13.2 Å². The molecule has 2 heterocycles. The lowest BCUT2D eigenvalue weighted by atomic mass is 9.92. The van der Waals surface area contributed by atoms with Gasteiger partial charge in [0.15, 0.2) is 0 Å². The summed E-state index contributed by atoms with van der Waals surface area (Å²) in [6, 6.07) is -0.395. The molecule has 2 aliphatic rings. The minimum atomic E-state index is -0.492. The fourth-order valence-electron chi connectivity index (χ4n) is 2.16. The van der Waals surface area contributed by atoms with Crippen LogP contribution in [0.2, 0.25) is 0 Å². The molecule has 72 valence electrons. The minimum Gasteiger partial charge on any atom is -0.381 e. The van der Waals surface area contributed by atoms with Gasteiger partial charge >= 0.3 is 0 Å². The highest BCUT2D eigenvalue weighted by molar-refractivity contribution is 6.11. The van der Waals surface area contributed by atoms with Gasteiger partial charge in [0.1, 0.15) is 25.7 Å². The Balaban J connectivity index is 2.17. The Morgan fingerprint density at radius 3 is 2.85 bits per heavy atom. The fraction of sp³-hybridized carbons (Fsp3) is 1.00. The second kappa shape index (κ2) is 3.24. The fourth-order valence-corrected chi connectivity index (χ4v) is 2.16. The second-order valence-corrected chi connectivity index (χ2v) is 3.51. The van der Waals surface area contributed by atoms with Crippen LogP contribution in [0.3, 0.4) is 0 Å². The summed E-state index contributed by atoms with van der Waals surface area (Å²) in [7, 11) is 8.98. The molecule has 2 rings (SSSR count). The molecule has 2 saturated heterocycles. The average Bonchev–Trinajstić information content (AvgIpc) is 2.55. The number of hydrogen-bond donors (Lipinski definition) is 0. The lowest BCUT2D eigenvalue weighted by Gasteiger charge is -2.29. The van der Waals surface area contributed by atoms with E-state index in [9.17, 15) is 0 Å². The molecule has 0 aliphatic carbocycles. The molecular weight excluding hydrogens is 171 g/mol. The summed E-state index contributed by atoms with van der Waals surface area (Å²) >= 11 is 0. The van der Waals surface area contributed by atoms with Gasteiger partial charge < -0.3 is 18.9 Å². The summed E-state index contributed by atoms with van der Waals surface area (Å²) in [5, 5.41) is 0. The largest absolute Gasteiger partial charge is 0.381 e. The molecule has 13 heavy (non-hydrogen) atoms. The first-order valence-corrected chi connectivity index (χ1v) is 4.30. The molecule has 0 N–H and O–H groups in total. The Kier molecular flexibility index (Phi) is 2.36. The third-order valence-electron chi connectivity index (χ3n) is 2.67. The Bertz CT molecular complexity index is 201. The van der Waals surface area contributed by atoms with Crippen molar-refractivity contribution in [3.8, 4) is 0 Å². The molecule has 2 aliphatic heterocycles. The molecule has 0 aromatic heterocycles. The Morgan fingerprint density at radius 2 is 2.31 bits per heavy atom. The molecule has 2 fully saturated rings. The predicted octanol–water partition coefficient (Wildman–Crippen LogP) is -0.690. The average molecular weight is 184 g/mol. The van der Waals surface area contributed by atoms with Crippen LogP contribution in [0.4, 0.5) is 0 Å². The maximum atomic E-state index is 5.72. The third-order valence-corrected chi connectivity index (χ3v) is 2.67. The number of methoxy groups -OCH3 is 2. The van der Waals surface area contributed by atoms with Gasteiger partial charge in [-0.15, -0.1) is 0 Å². The molecule has 2 bridgehead atoms. The van der Waals surface area contributed by atoms with E-state index in [1.54, 1.807) is 14.2 Å². The lowest BCUT2D eigenvalue weighted by molar-refractivity contribution is -0.144. The van der Waals surface area contributed by atoms with Crippen molar-refractivity contribution in [2.24, 2.45) is 0 Å². The molecular formula is C8H13BO4. The van der Waals surface area contributed by atoms with Crippen LogP contribution < -0.4 is 0 Å². The second-order valence-electron chi connectivity index (χ2n) is 3.51. The molecule has 1 unspecified atom stereocenters. The smallest absolute Gasteiger partial charge is 0.143 e. The van der Waals surface area contributed by atoms with Crippen LogP contribution in [-0.2, 0) is 18.9 Å². The summed E-state index contributed by atoms with van der Waals surface area (Å²) < 4.78 is 21.5. The monoisotopic (exact) mass is 184 g/mol. The summed E-state index contributed by atoms with van der Waals surface area (Å²) in [4.78, 5) is 0. The van der Waals surface area contributed by atoms with Crippen molar-refractivity contribution in [3.05, 3.63) is 0 Å². The zero-order valence-electron chi connectivity index (χ0n) is 7.86. The predicted molar refractivity (Wildman–Crippen MR) is 45.8 cm³/mol. The van der Waals surface area contributed by atoms with Crippen LogP contribution in [-0.4, -0.2) is 59.1 Å². The van der Waals surface area contributed by atoms with Crippen molar-refractivity contribution in [2.75, 3.05) is 27.4 Å². The first kappa shape index (κ1) is 9.46. The normalized spacial score (nSPS) is 48.6. The molecule has 4 atom stereocenters. The molecule has 0 aromatic rings. The summed E-state index contributed by atoms with van der Waals surface area (Å²) in [6.07, 6.45) is -0.261. The summed E-state index contributed by atoms with van der Waals surface area (Å²) in [5.41, 5.74) is -0.492. The van der Waals surface area contributed by atoms with E-state index in [1.165, 1.54) is 0 Å². The standard InChI is InChI=1S/C8H13BO4/c1-10-3-8-4-12-5(6(8)11-2)7(9)13-8/h5-7H,3-4H2,1-2H3/t5-,6?,7+,8-/m0/s1. The Labute approximate surface area is 78.9 Å². The summed E-state index contributed by atoms with van der Waals surface area (Å²) in [5.74, 6) is 0. The zero-order chi connectivity index (χ0) is 9.47. The number of hydrogen-bond acceptors (Lipinski definition) is 4. The number of fused-ring (bicyclic) bond motifs is 2. The van der Waals surface area contributed by atoms with Crippen molar-refractivity contribution in [1.29, 1.82) is 0 Å². The maximum Gasteiger partial charge on any atom is 0.143 e. The van der Waals surface area contributed by atoms with Gasteiger partial charge in [0.25, 0.3) is 0 Å². The molecule has 5 heteroatoms. The van der Waals surface area contributed by atoms with Crippen molar-refractivity contribution >= 4 is 7.85 Å². The zero-order valence-corrected chi connectivity index (χ0v) is 7.86. The molecule has 4 nitrogen and oxygen atoms in total. The van der Waals surface area contributed by atoms with E-state index in [2.05, 4.69) is 0 Å². The van der Waals surface area contributed by atoms with Crippen LogP contribution in [0.25, 0.3) is 0 Å². The van der Waals surface area contributed by atoms with Crippen LogP contribution in [0.15, 0.2) is 0 Å². The first-order chi connectivity index (χ1) is 6.23. The summed E-state index contributed by atoms with van der Waals surface area (Å²) in [6.45, 7) is 0.952. The number of rotatable bonds is 3. The van der Waals surface area contributed by atoms with Crippen molar-refractivity contribution in [1.82, 2.24) is 0 Å². The molecule has 2 radical (unpaired) electrons. The lowest BCUT2D eigenvalue weighted by Crippen LogP contribution is -2.45. The topological polar surface area (TPSA) is 36.9 Å². The molecule has 0 saturated carbocycles. The van der Waals surface area contributed by atoms with Gasteiger partial charge in [0.2, 0.25) is 0 Å². The van der Waals surface area contributed by atoms with E-state index in [1.807, 2.05) is 0 Å². The third kappa shape index (κ3) is 1.22. The van der Waals surface area contributed by atoms with Gasteiger partial charge in [-0.25, -0.2) is 0 Å². The number of ether oxygens (including phenoxy) is 4. The van der Waals surface area contributed by atoms with Crippen LogP contribution in [0, 0.1) is 0 Å². The highest BCUT2D eigenvalue weighted by atomic mass is 16.7. The van der Waals surface area contributed by atoms with Gasteiger partial charge in [-0.2, -0.15) is 0 Å². The van der Waals surface area contributed by atoms with Crippen molar-refractivity contribution in [3.63, 3.8) is 0 Å². The van der Waals surface area contributed by atoms with Crippen molar-refractivity contribution in [2.45, 2.75) is 23.8 Å². The van der Waals surface area contributed by atoms with E-state index in [4.69, 9.17) is 26.8 Å². The highest BCUT2D eigenvalue weighted by Crippen LogP contribution is 2.40. The molecule has 0 amide bonds. The van der Waals surface area contributed by atoms with E-state index in [-0.39, 0.29) is 12.2 Å².